The summed E-state index contributed by atoms with van der Waals surface area (Å²) in [4.78, 5) is 14.8. The van der Waals surface area contributed by atoms with Gasteiger partial charge >= 0.3 is 0 Å². The minimum absolute atomic E-state index is 0.00930. The Bertz CT molecular complexity index is 666. The molecule has 2 aromatic carbocycles. The Kier molecular flexibility index (Phi) is 5.26. The molecule has 0 bridgehead atoms. The van der Waals surface area contributed by atoms with Crippen LogP contribution in [0, 0.1) is 0 Å². The lowest BCUT2D eigenvalue weighted by Gasteiger charge is -2.32. The smallest absolute Gasteiger partial charge is 0.251 e. The van der Waals surface area contributed by atoms with Crippen molar-refractivity contribution < 1.29 is 9.53 Å². The average Bonchev–Trinajstić information content (AvgIpc) is 2.61. The first kappa shape index (κ1) is 16.0. The molecule has 1 atom stereocenters. The average molecular weight is 312 g/mol. The molecule has 1 fully saturated rings. The molecule has 3 rings (SSSR count). The first-order chi connectivity index (χ1) is 11.3. The molecule has 23 heavy (non-hydrogen) atoms. The lowest BCUT2D eigenvalue weighted by Crippen LogP contribution is -2.43. The Morgan fingerprint density at radius 2 is 2.09 bits per heavy atom. The van der Waals surface area contributed by atoms with Gasteiger partial charge in [-0.1, -0.05) is 43.3 Å². The molecule has 122 valence electrons. The van der Waals surface area contributed by atoms with Crippen molar-refractivity contribution in [2.24, 2.45) is 0 Å². The van der Waals surface area contributed by atoms with Crippen LogP contribution in [0.2, 0.25) is 0 Å². The predicted octanol–water partition coefficient (Wildman–Crippen LogP) is 2.68. The van der Waals surface area contributed by atoms with Crippen LogP contribution in [-0.2, 0) is 4.74 Å². The van der Waals surface area contributed by atoms with Crippen molar-refractivity contribution in [2.45, 2.75) is 19.4 Å². The van der Waals surface area contributed by atoms with Gasteiger partial charge in [-0.25, -0.2) is 0 Å². The SMILES string of the molecule is CCN1CCO[C@@H](CCNC(=O)c2cccc3ccccc23)C1. The normalized spacial score (nSPS) is 18.9. The number of nitrogens with one attached hydrogen (secondary N) is 1. The molecule has 4 nitrogen and oxygen atoms in total. The third-order valence-electron chi connectivity index (χ3n) is 4.46. The van der Waals surface area contributed by atoms with E-state index in [1.165, 1.54) is 0 Å². The molecule has 1 saturated heterocycles. The minimum atomic E-state index is -0.00930. The second kappa shape index (κ2) is 7.57. The molecular formula is C19H24N2O2. The van der Waals surface area contributed by atoms with Crippen LogP contribution < -0.4 is 5.32 Å². The summed E-state index contributed by atoms with van der Waals surface area (Å²) < 4.78 is 5.77. The fraction of sp³-hybridized carbons (Fsp3) is 0.421. The van der Waals surface area contributed by atoms with Crippen LogP contribution in [0.1, 0.15) is 23.7 Å². The van der Waals surface area contributed by atoms with Crippen LogP contribution in [-0.4, -0.2) is 49.7 Å². The Morgan fingerprint density at radius 1 is 1.26 bits per heavy atom. The Labute approximate surface area is 137 Å². The molecule has 1 amide bonds. The Balaban J connectivity index is 1.57. The fourth-order valence-electron chi connectivity index (χ4n) is 3.11. The molecule has 0 unspecified atom stereocenters. The number of morpholine rings is 1. The van der Waals surface area contributed by atoms with Crippen LogP contribution in [0.3, 0.4) is 0 Å². The van der Waals surface area contributed by atoms with E-state index in [2.05, 4.69) is 17.1 Å². The lowest BCUT2D eigenvalue weighted by molar-refractivity contribution is -0.0296. The van der Waals surface area contributed by atoms with Gasteiger partial charge in [0, 0.05) is 25.2 Å². The van der Waals surface area contributed by atoms with Crippen molar-refractivity contribution in [1.82, 2.24) is 10.2 Å². The van der Waals surface area contributed by atoms with Crippen molar-refractivity contribution in [3.63, 3.8) is 0 Å². The summed E-state index contributed by atoms with van der Waals surface area (Å²) in [7, 11) is 0. The zero-order chi connectivity index (χ0) is 16.1. The van der Waals surface area contributed by atoms with E-state index in [0.29, 0.717) is 6.54 Å². The monoisotopic (exact) mass is 312 g/mol. The van der Waals surface area contributed by atoms with E-state index < -0.39 is 0 Å². The lowest BCUT2D eigenvalue weighted by atomic mass is 10.0. The van der Waals surface area contributed by atoms with Gasteiger partial charge < -0.3 is 10.1 Å². The minimum Gasteiger partial charge on any atom is -0.375 e. The first-order valence-corrected chi connectivity index (χ1v) is 8.38. The standard InChI is InChI=1S/C19H24N2O2/c1-2-21-12-13-23-16(14-21)10-11-20-19(22)18-9-5-7-15-6-3-4-8-17(15)18/h3-9,16H,2,10-14H2,1H3,(H,20,22)/t16-/m0/s1. The fourth-order valence-corrected chi connectivity index (χ4v) is 3.11. The van der Waals surface area contributed by atoms with Crippen LogP contribution in [0.25, 0.3) is 10.8 Å². The van der Waals surface area contributed by atoms with Crippen LogP contribution in [0.5, 0.6) is 0 Å². The molecule has 0 aliphatic carbocycles. The van der Waals surface area contributed by atoms with Gasteiger partial charge in [-0.2, -0.15) is 0 Å². The maximum atomic E-state index is 12.5. The van der Waals surface area contributed by atoms with Gasteiger partial charge in [0.05, 0.1) is 12.7 Å². The third kappa shape index (κ3) is 3.89. The molecular weight excluding hydrogens is 288 g/mol. The Hall–Kier alpha value is -1.91. The van der Waals surface area contributed by atoms with E-state index >= 15 is 0 Å². The molecule has 0 radical (unpaired) electrons. The summed E-state index contributed by atoms with van der Waals surface area (Å²) >= 11 is 0. The number of carbonyl (C=O) groups excluding carboxylic acids is 1. The van der Waals surface area contributed by atoms with Gasteiger partial charge in [-0.15, -0.1) is 0 Å². The number of likely N-dealkylation sites (N-methyl/N-ethyl adjacent to an activating group) is 1. The van der Waals surface area contributed by atoms with Gasteiger partial charge in [0.25, 0.3) is 5.91 Å². The van der Waals surface area contributed by atoms with Crippen molar-refractivity contribution in [2.75, 3.05) is 32.8 Å². The quantitative estimate of drug-likeness (QED) is 0.923. The van der Waals surface area contributed by atoms with E-state index in [1.54, 1.807) is 0 Å². The summed E-state index contributed by atoms with van der Waals surface area (Å²) in [5.74, 6) is -0.00930. The summed E-state index contributed by atoms with van der Waals surface area (Å²) in [6.07, 6.45) is 1.07. The van der Waals surface area contributed by atoms with Gasteiger partial charge in [0.2, 0.25) is 0 Å². The molecule has 0 aromatic heterocycles. The van der Waals surface area contributed by atoms with Gasteiger partial charge in [0.1, 0.15) is 0 Å². The van der Waals surface area contributed by atoms with Crippen LogP contribution in [0.15, 0.2) is 42.5 Å². The van der Waals surface area contributed by atoms with Crippen molar-refractivity contribution in [3.05, 3.63) is 48.0 Å². The number of amides is 1. The van der Waals surface area contributed by atoms with Crippen molar-refractivity contribution in [1.29, 1.82) is 0 Å². The number of hydrogen-bond donors (Lipinski definition) is 1. The highest BCUT2D eigenvalue weighted by Crippen LogP contribution is 2.18. The summed E-state index contributed by atoms with van der Waals surface area (Å²) in [6, 6.07) is 13.8. The predicted molar refractivity (Wildman–Crippen MR) is 92.8 cm³/mol. The number of carbonyl (C=O) groups is 1. The Morgan fingerprint density at radius 3 is 2.96 bits per heavy atom. The van der Waals surface area contributed by atoms with E-state index in [1.807, 2.05) is 42.5 Å². The van der Waals surface area contributed by atoms with E-state index in [0.717, 1.165) is 49.0 Å². The largest absolute Gasteiger partial charge is 0.375 e. The van der Waals surface area contributed by atoms with Crippen LogP contribution in [0.4, 0.5) is 0 Å². The number of fused-ring (bicyclic) bond motifs is 1. The second-order valence-electron chi connectivity index (χ2n) is 5.96. The van der Waals surface area contributed by atoms with Gasteiger partial charge in [0.15, 0.2) is 0 Å². The van der Waals surface area contributed by atoms with Gasteiger partial charge in [-0.3, -0.25) is 9.69 Å². The van der Waals surface area contributed by atoms with Crippen LogP contribution >= 0.6 is 0 Å². The van der Waals surface area contributed by atoms with Crippen molar-refractivity contribution >= 4 is 16.7 Å². The number of ether oxygens (including phenoxy) is 1. The molecule has 0 saturated carbocycles. The van der Waals surface area contributed by atoms with Crippen molar-refractivity contribution in [3.8, 4) is 0 Å². The molecule has 1 aliphatic heterocycles. The molecule has 0 spiro atoms. The number of hydrogen-bond acceptors (Lipinski definition) is 3. The molecule has 2 aromatic rings. The molecule has 4 heteroatoms. The zero-order valence-corrected chi connectivity index (χ0v) is 13.6. The number of nitrogens with zero attached hydrogens (tertiary/aromatic N) is 1. The van der Waals surface area contributed by atoms with E-state index in [-0.39, 0.29) is 12.0 Å². The van der Waals surface area contributed by atoms with E-state index in [4.69, 9.17) is 4.74 Å². The molecule has 1 heterocycles. The maximum absolute atomic E-state index is 12.5. The van der Waals surface area contributed by atoms with Gasteiger partial charge in [-0.05, 0) is 29.8 Å². The molecule has 1 aliphatic rings. The topological polar surface area (TPSA) is 41.6 Å². The second-order valence-corrected chi connectivity index (χ2v) is 5.96. The highest BCUT2D eigenvalue weighted by molar-refractivity contribution is 6.06. The summed E-state index contributed by atoms with van der Waals surface area (Å²) in [6.45, 7) is 6.63. The highest BCUT2D eigenvalue weighted by atomic mass is 16.5. The third-order valence-corrected chi connectivity index (χ3v) is 4.46. The molecule has 1 N–H and O–H groups in total. The number of benzene rings is 2. The van der Waals surface area contributed by atoms with E-state index in [9.17, 15) is 4.79 Å². The first-order valence-electron chi connectivity index (χ1n) is 8.38. The number of rotatable bonds is 5. The highest BCUT2D eigenvalue weighted by Gasteiger charge is 2.19. The summed E-state index contributed by atoms with van der Waals surface area (Å²) in [5, 5.41) is 5.12. The zero-order valence-electron chi connectivity index (χ0n) is 13.6. The summed E-state index contributed by atoms with van der Waals surface area (Å²) in [5.41, 5.74) is 0.739. The maximum Gasteiger partial charge on any atom is 0.251 e.